The molecule has 0 spiro atoms. The topological polar surface area (TPSA) is 11.9 Å². The third kappa shape index (κ3) is 8.91. The third-order valence-corrected chi connectivity index (χ3v) is 11.8. The van der Waals surface area contributed by atoms with E-state index in [1.807, 2.05) is 0 Å². The van der Waals surface area contributed by atoms with Gasteiger partial charge in [0.05, 0.1) is 13.4 Å². The SMILES string of the molecule is C=[N+]1C=C(CC[C@H]2CC(CCc3cc/c(=C4\C=CC=CC4C)[n+](=C)c3)C[C@@H](CCC3=C[N+](=C)[C-](c4ccccc4C)C=C3)C2)C=C[C-]1c1ccccc1. The van der Waals surface area contributed by atoms with Crippen molar-refractivity contribution < 1.29 is 13.4 Å². The fraction of sp³-hybridized carbons (Fsp3) is 0.300. The van der Waals surface area contributed by atoms with Crippen LogP contribution in [-0.4, -0.2) is 22.6 Å². The number of aromatic nitrogens is 1. The van der Waals surface area contributed by atoms with Gasteiger partial charge in [0.25, 0.3) is 0 Å². The van der Waals surface area contributed by atoms with Crippen molar-refractivity contribution in [2.75, 3.05) is 0 Å². The van der Waals surface area contributed by atoms with Crippen LogP contribution in [0.1, 0.15) is 80.5 Å². The minimum absolute atomic E-state index is 0.403. The number of benzene rings is 2. The summed E-state index contributed by atoms with van der Waals surface area (Å²) < 4.78 is 6.22. The Morgan fingerprint density at radius 2 is 1.26 bits per heavy atom. The van der Waals surface area contributed by atoms with Crippen molar-refractivity contribution in [2.24, 2.45) is 23.7 Å². The van der Waals surface area contributed by atoms with Crippen LogP contribution in [0.4, 0.5) is 0 Å². The molecule has 53 heavy (non-hydrogen) atoms. The van der Waals surface area contributed by atoms with E-state index in [1.165, 1.54) is 88.9 Å². The molecule has 1 fully saturated rings. The largest absolute Gasteiger partial charge is 0.255 e. The first-order chi connectivity index (χ1) is 25.8. The summed E-state index contributed by atoms with van der Waals surface area (Å²) in [7, 11) is 0. The highest BCUT2D eigenvalue weighted by atomic mass is 15.0. The van der Waals surface area contributed by atoms with Gasteiger partial charge in [-0.15, -0.1) is 18.2 Å². The summed E-state index contributed by atoms with van der Waals surface area (Å²) in [4.78, 5) is 0. The van der Waals surface area contributed by atoms with Gasteiger partial charge in [-0.25, -0.2) is 0 Å². The van der Waals surface area contributed by atoms with Crippen molar-refractivity contribution in [3.8, 4) is 0 Å². The Morgan fingerprint density at radius 1 is 0.660 bits per heavy atom. The average molecular weight is 699 g/mol. The Kier molecular flexibility index (Phi) is 11.4. The van der Waals surface area contributed by atoms with Gasteiger partial charge in [0.1, 0.15) is 31.2 Å². The Morgan fingerprint density at radius 3 is 1.87 bits per heavy atom. The lowest BCUT2D eigenvalue weighted by Gasteiger charge is -2.36. The Labute approximate surface area is 318 Å². The van der Waals surface area contributed by atoms with Crippen LogP contribution < -0.4 is 9.59 Å². The van der Waals surface area contributed by atoms with Crippen molar-refractivity contribution in [1.29, 1.82) is 0 Å². The summed E-state index contributed by atoms with van der Waals surface area (Å²) in [5.74, 6) is 2.60. The molecular weight excluding hydrogens is 643 g/mol. The highest BCUT2D eigenvalue weighted by Crippen LogP contribution is 2.41. The zero-order valence-electron chi connectivity index (χ0n) is 31.8. The number of hydrogen-bond donors (Lipinski definition) is 0. The van der Waals surface area contributed by atoms with Crippen LogP contribution in [0, 0.1) is 49.4 Å². The van der Waals surface area contributed by atoms with Crippen LogP contribution in [0.15, 0.2) is 145 Å². The highest BCUT2D eigenvalue weighted by molar-refractivity contribution is 5.61. The number of pyridine rings is 1. The molecule has 3 heterocycles. The molecule has 2 aliphatic carbocycles. The molecule has 4 atom stereocenters. The van der Waals surface area contributed by atoms with E-state index >= 15 is 0 Å². The monoisotopic (exact) mass is 698 g/mol. The van der Waals surface area contributed by atoms with Crippen LogP contribution in [-0.2, 0) is 6.42 Å². The van der Waals surface area contributed by atoms with Crippen molar-refractivity contribution in [2.45, 2.75) is 71.6 Å². The molecule has 0 amide bonds. The molecule has 3 nitrogen and oxygen atoms in total. The van der Waals surface area contributed by atoms with Gasteiger partial charge < -0.3 is 0 Å². The lowest BCUT2D eigenvalue weighted by Crippen LogP contribution is -2.38. The Hall–Kier alpha value is -5.15. The quantitative estimate of drug-likeness (QED) is 0.140. The van der Waals surface area contributed by atoms with Gasteiger partial charge in [-0.1, -0.05) is 92.3 Å². The Balaban J connectivity index is 1.01. The van der Waals surface area contributed by atoms with Gasteiger partial charge >= 0.3 is 0 Å². The highest BCUT2D eigenvalue weighted by Gasteiger charge is 2.29. The van der Waals surface area contributed by atoms with E-state index in [1.54, 1.807) is 0 Å². The molecule has 3 aromatic rings. The number of nitrogens with zero attached hydrogens (tertiary/aromatic N) is 3. The van der Waals surface area contributed by atoms with Crippen molar-refractivity contribution in [1.82, 2.24) is 0 Å². The van der Waals surface area contributed by atoms with E-state index in [-0.39, 0.29) is 0 Å². The van der Waals surface area contributed by atoms with Gasteiger partial charge in [0.2, 0.25) is 5.35 Å². The molecule has 2 aliphatic heterocycles. The summed E-state index contributed by atoms with van der Waals surface area (Å²) in [6.45, 7) is 17.6. The maximum absolute atomic E-state index is 4.40. The van der Waals surface area contributed by atoms with Gasteiger partial charge in [-0.05, 0) is 116 Å². The first-order valence-electron chi connectivity index (χ1n) is 19.7. The van der Waals surface area contributed by atoms with Gasteiger partial charge in [-0.3, -0.25) is 9.15 Å². The summed E-state index contributed by atoms with van der Waals surface area (Å²) in [6, 6.07) is 26.1. The number of allylic oxidation sites excluding steroid dienone is 8. The van der Waals surface area contributed by atoms with Crippen LogP contribution >= 0.6 is 0 Å². The van der Waals surface area contributed by atoms with E-state index in [2.05, 4.69) is 181 Å². The molecular formula is C50H56N3+. The van der Waals surface area contributed by atoms with Gasteiger partial charge in [0, 0.05) is 23.1 Å². The van der Waals surface area contributed by atoms with E-state index < -0.39 is 0 Å². The molecule has 270 valence electrons. The predicted octanol–water partition coefficient (Wildman–Crippen LogP) is 9.85. The van der Waals surface area contributed by atoms with Gasteiger partial charge in [0.15, 0.2) is 6.20 Å². The van der Waals surface area contributed by atoms with Crippen molar-refractivity contribution in [3.63, 3.8) is 0 Å². The van der Waals surface area contributed by atoms with E-state index in [9.17, 15) is 0 Å². The van der Waals surface area contributed by atoms with Crippen LogP contribution in [0.2, 0.25) is 0 Å². The maximum atomic E-state index is 4.40. The van der Waals surface area contributed by atoms with Crippen LogP contribution in [0.3, 0.4) is 0 Å². The molecule has 2 aromatic carbocycles. The molecule has 0 radical (unpaired) electrons. The summed E-state index contributed by atoms with van der Waals surface area (Å²) in [6.07, 6.45) is 35.6. The second-order valence-corrected chi connectivity index (χ2v) is 15.8. The summed E-state index contributed by atoms with van der Waals surface area (Å²) in [5, 5.41) is 1.20. The third-order valence-electron chi connectivity index (χ3n) is 11.8. The normalized spacial score (nSPS) is 23.7. The maximum Gasteiger partial charge on any atom is 0.213 e. The average Bonchev–Trinajstić information content (AvgIpc) is 3.17. The minimum Gasteiger partial charge on any atom is -0.255 e. The molecule has 1 saturated carbocycles. The Bertz CT molecular complexity index is 2120. The molecule has 0 bridgehead atoms. The van der Waals surface area contributed by atoms with Crippen LogP contribution in [0.5, 0.6) is 0 Å². The molecule has 3 heteroatoms. The van der Waals surface area contributed by atoms with Crippen molar-refractivity contribution in [3.05, 3.63) is 191 Å². The van der Waals surface area contributed by atoms with E-state index in [4.69, 9.17) is 0 Å². The molecule has 1 aromatic heterocycles. The number of rotatable bonds is 11. The fourth-order valence-corrected chi connectivity index (χ4v) is 8.95. The van der Waals surface area contributed by atoms with E-state index in [0.717, 1.165) is 43.1 Å². The predicted molar refractivity (Wildman–Crippen MR) is 220 cm³/mol. The lowest BCUT2D eigenvalue weighted by atomic mass is 9.70. The number of aryl methyl sites for hydroxylation is 2. The fourth-order valence-electron chi connectivity index (χ4n) is 8.95. The zero-order chi connectivity index (χ0) is 36.7. The van der Waals surface area contributed by atoms with Crippen LogP contribution in [0.25, 0.3) is 5.57 Å². The minimum atomic E-state index is 0.403. The smallest absolute Gasteiger partial charge is 0.213 e. The molecule has 0 saturated heterocycles. The zero-order valence-corrected chi connectivity index (χ0v) is 31.8. The number of hydrogen-bond acceptors (Lipinski definition) is 0. The van der Waals surface area contributed by atoms with Crippen molar-refractivity contribution >= 4 is 19.0 Å². The molecule has 4 aliphatic rings. The standard InChI is InChI=1S/C50H56N3/c1-37-13-9-11-17-46(37)49-29-26-40(35-52(49)4)20-23-43-31-42(22-19-39-25-28-48(51(3)34-39)45-15-7-6-8-16-45)32-44(33-43)24-21-41-27-30-50(53(5)36-41)47-18-12-10-14-38(47)2/h6-18,25-30,34-37,42-44H,3-5,19-24,31-33H2,1-2H3/q+1/b49-46-/t37?,42-,43?,44-/m0/s1. The second-order valence-electron chi connectivity index (χ2n) is 15.8. The molecule has 7 rings (SSSR count). The summed E-state index contributed by atoms with van der Waals surface area (Å²) in [5.41, 5.74) is 9.21. The first kappa shape index (κ1) is 36.2. The lowest BCUT2D eigenvalue weighted by molar-refractivity contribution is -0.514. The van der Waals surface area contributed by atoms with E-state index in [0.29, 0.717) is 5.92 Å². The first-order valence-corrected chi connectivity index (χ1v) is 19.7. The van der Waals surface area contributed by atoms with Gasteiger partial charge in [-0.2, -0.15) is 4.24 Å². The second kappa shape index (κ2) is 16.7. The molecule has 2 unspecified atom stereocenters. The molecule has 0 N–H and O–H groups in total. The summed E-state index contributed by atoms with van der Waals surface area (Å²) >= 11 is 0.